The van der Waals surface area contributed by atoms with Gasteiger partial charge in [-0.25, -0.2) is 0 Å². The first-order valence-corrected chi connectivity index (χ1v) is 8.10. The fraction of sp³-hybridized carbons (Fsp3) is 0.467. The van der Waals surface area contributed by atoms with Gasteiger partial charge in [0.05, 0.1) is 12.3 Å². The summed E-state index contributed by atoms with van der Waals surface area (Å²) in [7, 11) is 0. The number of carbonyl (C=O) groups is 2. The predicted octanol–water partition coefficient (Wildman–Crippen LogP) is 0.845. The molecule has 0 atom stereocenters. The van der Waals surface area contributed by atoms with Crippen LogP contribution in [0.2, 0.25) is 0 Å². The fourth-order valence-corrected chi connectivity index (χ4v) is 3.12. The number of piperidine rings is 1. The van der Waals surface area contributed by atoms with Crippen molar-refractivity contribution in [1.29, 1.82) is 0 Å². The Kier molecular flexibility index (Phi) is 6.07. The van der Waals surface area contributed by atoms with E-state index in [-0.39, 0.29) is 17.9 Å². The minimum Gasteiger partial charge on any atom is -0.369 e. The maximum Gasteiger partial charge on any atom is 0.231 e. The lowest BCUT2D eigenvalue weighted by Gasteiger charge is -2.31. The number of hydrogen-bond donors (Lipinski definition) is 2. The number of amides is 2. The number of carbonyl (C=O) groups excluding carboxylic acids is 2. The molecule has 3 N–H and O–H groups in total. The van der Waals surface area contributed by atoms with Crippen molar-refractivity contribution in [3.8, 4) is 0 Å². The summed E-state index contributed by atoms with van der Waals surface area (Å²) in [5.74, 6) is 0.208. The van der Waals surface area contributed by atoms with Crippen LogP contribution >= 0.6 is 11.8 Å². The van der Waals surface area contributed by atoms with Gasteiger partial charge in [-0.3, -0.25) is 14.5 Å². The Hall–Kier alpha value is -1.53. The zero-order chi connectivity index (χ0) is 15.1. The summed E-state index contributed by atoms with van der Waals surface area (Å²) in [6.07, 6.45) is 1.74. The Morgan fingerprint density at radius 3 is 2.52 bits per heavy atom. The first-order valence-electron chi connectivity index (χ1n) is 7.11. The number of rotatable bonds is 6. The van der Waals surface area contributed by atoms with Crippen LogP contribution in [-0.2, 0) is 9.59 Å². The average molecular weight is 307 g/mol. The minimum atomic E-state index is -0.295. The van der Waals surface area contributed by atoms with E-state index in [0.717, 1.165) is 30.8 Å². The molecule has 114 valence electrons. The summed E-state index contributed by atoms with van der Waals surface area (Å²) in [6.45, 7) is 1.92. The third-order valence-electron chi connectivity index (χ3n) is 3.45. The zero-order valence-electron chi connectivity index (χ0n) is 12.0. The molecular weight excluding hydrogens is 286 g/mol. The van der Waals surface area contributed by atoms with E-state index in [0.29, 0.717) is 12.3 Å². The van der Waals surface area contributed by atoms with E-state index in [9.17, 15) is 9.59 Å². The number of nitrogens with one attached hydrogen (secondary N) is 1. The Labute approximate surface area is 129 Å². The van der Waals surface area contributed by atoms with Crippen LogP contribution < -0.4 is 11.1 Å². The van der Waals surface area contributed by atoms with Crippen molar-refractivity contribution in [3.63, 3.8) is 0 Å². The van der Waals surface area contributed by atoms with Crippen molar-refractivity contribution in [2.75, 3.05) is 25.4 Å². The highest BCUT2D eigenvalue weighted by Crippen LogP contribution is 2.17. The molecule has 0 aromatic heterocycles. The molecule has 1 aromatic rings. The third kappa shape index (κ3) is 5.77. The standard InChI is InChI=1S/C15H21N3O2S/c16-14(19)10-18-8-6-12(7-9-18)17-15(20)11-21-13-4-2-1-3-5-13/h1-5,12H,6-11H2,(H2,16,19)(H,17,20). The van der Waals surface area contributed by atoms with Gasteiger partial charge in [-0.1, -0.05) is 18.2 Å². The van der Waals surface area contributed by atoms with Crippen molar-refractivity contribution in [1.82, 2.24) is 10.2 Å². The highest BCUT2D eigenvalue weighted by molar-refractivity contribution is 8.00. The van der Waals surface area contributed by atoms with Crippen LogP contribution in [0.15, 0.2) is 35.2 Å². The van der Waals surface area contributed by atoms with Gasteiger partial charge < -0.3 is 11.1 Å². The second-order valence-corrected chi connectivity index (χ2v) is 6.23. The highest BCUT2D eigenvalue weighted by Gasteiger charge is 2.21. The van der Waals surface area contributed by atoms with Crippen molar-refractivity contribution in [3.05, 3.63) is 30.3 Å². The van der Waals surface area contributed by atoms with Crippen LogP contribution in [0.25, 0.3) is 0 Å². The molecule has 1 aromatic carbocycles. The van der Waals surface area contributed by atoms with Crippen LogP contribution in [0.1, 0.15) is 12.8 Å². The maximum absolute atomic E-state index is 11.9. The number of thioether (sulfide) groups is 1. The molecule has 2 amide bonds. The maximum atomic E-state index is 11.9. The van der Waals surface area contributed by atoms with Crippen LogP contribution in [0.4, 0.5) is 0 Å². The molecule has 6 heteroatoms. The smallest absolute Gasteiger partial charge is 0.231 e. The van der Waals surface area contributed by atoms with E-state index in [2.05, 4.69) is 5.32 Å². The molecule has 0 aliphatic carbocycles. The Morgan fingerprint density at radius 2 is 1.90 bits per heavy atom. The van der Waals surface area contributed by atoms with Crippen molar-refractivity contribution >= 4 is 23.6 Å². The number of likely N-dealkylation sites (tertiary alicyclic amines) is 1. The molecule has 0 saturated carbocycles. The van der Waals surface area contributed by atoms with E-state index in [4.69, 9.17) is 5.73 Å². The second kappa shape index (κ2) is 8.05. The first kappa shape index (κ1) is 15.9. The molecule has 0 unspecified atom stereocenters. The van der Waals surface area contributed by atoms with Crippen LogP contribution in [0.5, 0.6) is 0 Å². The number of benzene rings is 1. The van der Waals surface area contributed by atoms with Gasteiger partial charge in [-0.05, 0) is 25.0 Å². The molecule has 5 nitrogen and oxygen atoms in total. The monoisotopic (exact) mass is 307 g/mol. The topological polar surface area (TPSA) is 75.4 Å². The average Bonchev–Trinajstić information content (AvgIpc) is 2.48. The van der Waals surface area contributed by atoms with E-state index < -0.39 is 0 Å². The van der Waals surface area contributed by atoms with Crippen LogP contribution in [-0.4, -0.2) is 48.1 Å². The van der Waals surface area contributed by atoms with E-state index in [1.54, 1.807) is 11.8 Å². The van der Waals surface area contributed by atoms with E-state index >= 15 is 0 Å². The summed E-state index contributed by atoms with van der Waals surface area (Å²) >= 11 is 1.54. The van der Waals surface area contributed by atoms with Crippen molar-refractivity contribution in [2.45, 2.75) is 23.8 Å². The van der Waals surface area contributed by atoms with Gasteiger partial charge >= 0.3 is 0 Å². The van der Waals surface area contributed by atoms with Gasteiger partial charge in [0.1, 0.15) is 0 Å². The first-order chi connectivity index (χ1) is 10.1. The van der Waals surface area contributed by atoms with Crippen molar-refractivity contribution in [2.24, 2.45) is 5.73 Å². The molecule has 2 rings (SSSR count). The summed E-state index contributed by atoms with van der Waals surface area (Å²) in [5.41, 5.74) is 5.18. The molecule has 1 aliphatic rings. The number of primary amides is 1. The summed E-state index contributed by atoms with van der Waals surface area (Å²) in [4.78, 5) is 25.9. The van der Waals surface area contributed by atoms with E-state index in [1.807, 2.05) is 35.2 Å². The molecule has 1 fully saturated rings. The SMILES string of the molecule is NC(=O)CN1CCC(NC(=O)CSc2ccccc2)CC1. The lowest BCUT2D eigenvalue weighted by Crippen LogP contribution is -2.47. The van der Waals surface area contributed by atoms with Gasteiger partial charge in [0.2, 0.25) is 11.8 Å². The lowest BCUT2D eigenvalue weighted by molar-refractivity contribution is -0.121. The normalized spacial score (nSPS) is 16.6. The molecular formula is C15H21N3O2S. The van der Waals surface area contributed by atoms with Gasteiger partial charge in [-0.15, -0.1) is 11.8 Å². The van der Waals surface area contributed by atoms with Gasteiger partial charge in [-0.2, -0.15) is 0 Å². The largest absolute Gasteiger partial charge is 0.369 e. The van der Waals surface area contributed by atoms with E-state index in [1.165, 1.54) is 0 Å². The quantitative estimate of drug-likeness (QED) is 0.764. The molecule has 1 heterocycles. The van der Waals surface area contributed by atoms with Gasteiger partial charge in [0.15, 0.2) is 0 Å². The highest BCUT2D eigenvalue weighted by atomic mass is 32.2. The Morgan fingerprint density at radius 1 is 1.24 bits per heavy atom. The van der Waals surface area contributed by atoms with Crippen LogP contribution in [0.3, 0.4) is 0 Å². The molecule has 21 heavy (non-hydrogen) atoms. The van der Waals surface area contributed by atoms with Crippen LogP contribution in [0, 0.1) is 0 Å². The lowest BCUT2D eigenvalue weighted by atomic mass is 10.1. The predicted molar refractivity (Wildman–Crippen MR) is 84.0 cm³/mol. The number of nitrogens with zero attached hydrogens (tertiary/aromatic N) is 1. The fourth-order valence-electron chi connectivity index (χ4n) is 2.39. The van der Waals surface area contributed by atoms with Gasteiger partial charge in [0.25, 0.3) is 0 Å². The van der Waals surface area contributed by atoms with Crippen molar-refractivity contribution < 1.29 is 9.59 Å². The molecule has 0 radical (unpaired) electrons. The number of hydrogen-bond acceptors (Lipinski definition) is 4. The Bertz CT molecular complexity index is 473. The molecule has 0 bridgehead atoms. The van der Waals surface area contributed by atoms with Gasteiger partial charge in [0, 0.05) is 24.0 Å². The third-order valence-corrected chi connectivity index (χ3v) is 4.46. The number of nitrogens with two attached hydrogens (primary N) is 1. The molecule has 0 spiro atoms. The molecule has 1 aliphatic heterocycles. The summed E-state index contributed by atoms with van der Waals surface area (Å²) in [5, 5.41) is 3.06. The Balaban J connectivity index is 1.66. The summed E-state index contributed by atoms with van der Waals surface area (Å²) < 4.78 is 0. The zero-order valence-corrected chi connectivity index (χ0v) is 12.8. The second-order valence-electron chi connectivity index (χ2n) is 5.19. The minimum absolute atomic E-state index is 0.0669. The summed E-state index contributed by atoms with van der Waals surface area (Å²) in [6, 6.07) is 10.1. The molecule has 1 saturated heterocycles.